The first-order chi connectivity index (χ1) is 8.25. The highest BCUT2D eigenvalue weighted by molar-refractivity contribution is 5.21. The molecule has 1 aromatic heterocycles. The fourth-order valence-electron chi connectivity index (χ4n) is 2.37. The number of rotatable bonds is 5. The van der Waals surface area contributed by atoms with E-state index in [9.17, 15) is 0 Å². The molecule has 1 N–H and O–H groups in total. The molecule has 2 rings (SSSR count). The second kappa shape index (κ2) is 6.12. The Balaban J connectivity index is 1.70. The fraction of sp³-hybridized carbons (Fsp3) is 0.643. The first kappa shape index (κ1) is 12.5. The zero-order chi connectivity index (χ0) is 12.1. The van der Waals surface area contributed by atoms with Crippen LogP contribution in [-0.4, -0.2) is 36.1 Å². The summed E-state index contributed by atoms with van der Waals surface area (Å²) in [6, 6.07) is 4.27. The molecule has 17 heavy (non-hydrogen) atoms. The summed E-state index contributed by atoms with van der Waals surface area (Å²) < 4.78 is 0. The molecule has 0 amide bonds. The Morgan fingerprint density at radius 3 is 2.71 bits per heavy atom. The van der Waals surface area contributed by atoms with Crippen molar-refractivity contribution in [1.29, 1.82) is 0 Å². The predicted molar refractivity (Wildman–Crippen MR) is 71.1 cm³/mol. The average Bonchev–Trinajstić information content (AvgIpc) is 2.79. The molecule has 0 aliphatic carbocycles. The fourth-order valence-corrected chi connectivity index (χ4v) is 2.37. The molecule has 0 aromatic carbocycles. The van der Waals surface area contributed by atoms with Gasteiger partial charge in [0.2, 0.25) is 0 Å². The summed E-state index contributed by atoms with van der Waals surface area (Å²) in [5.74, 6) is 0. The van der Waals surface area contributed by atoms with Crippen molar-refractivity contribution < 1.29 is 0 Å². The highest BCUT2D eigenvalue weighted by Crippen LogP contribution is 2.07. The Bertz CT molecular complexity index is 356. The Morgan fingerprint density at radius 2 is 2.00 bits per heavy atom. The maximum Gasteiger partial charge on any atom is 0.0420 e. The normalized spacial score (nSPS) is 16.6. The van der Waals surface area contributed by atoms with Gasteiger partial charge in [-0.2, -0.15) is 0 Å². The van der Waals surface area contributed by atoms with Crippen molar-refractivity contribution >= 4 is 0 Å². The van der Waals surface area contributed by atoms with Crippen LogP contribution in [-0.2, 0) is 6.54 Å². The van der Waals surface area contributed by atoms with Crippen LogP contribution in [0.25, 0.3) is 0 Å². The molecule has 1 aromatic rings. The Kier molecular flexibility index (Phi) is 4.51. The van der Waals surface area contributed by atoms with Crippen LogP contribution in [0, 0.1) is 13.8 Å². The Hall–Kier alpha value is -0.930. The van der Waals surface area contributed by atoms with E-state index in [2.05, 4.69) is 34.3 Å². The third-order valence-corrected chi connectivity index (χ3v) is 3.45. The minimum atomic E-state index is 0.937. The van der Waals surface area contributed by atoms with Crippen LogP contribution in [0.3, 0.4) is 0 Å². The topological polar surface area (TPSA) is 28.2 Å². The van der Waals surface area contributed by atoms with Gasteiger partial charge in [0.05, 0.1) is 0 Å². The molecule has 0 bridgehead atoms. The summed E-state index contributed by atoms with van der Waals surface area (Å²) in [5.41, 5.74) is 3.57. The lowest BCUT2D eigenvalue weighted by Gasteiger charge is -2.15. The van der Waals surface area contributed by atoms with Gasteiger partial charge in [-0.05, 0) is 51.4 Å². The second-order valence-corrected chi connectivity index (χ2v) is 4.92. The maximum atomic E-state index is 4.48. The van der Waals surface area contributed by atoms with Gasteiger partial charge in [-0.25, -0.2) is 0 Å². The molecule has 1 aliphatic rings. The van der Waals surface area contributed by atoms with Gasteiger partial charge in [0.1, 0.15) is 0 Å². The van der Waals surface area contributed by atoms with Gasteiger partial charge >= 0.3 is 0 Å². The zero-order valence-corrected chi connectivity index (χ0v) is 11.0. The lowest BCUT2D eigenvalue weighted by Crippen LogP contribution is -2.29. The van der Waals surface area contributed by atoms with Gasteiger partial charge in [0.25, 0.3) is 0 Å². The lowest BCUT2D eigenvalue weighted by atomic mass is 10.2. The molecule has 1 fully saturated rings. The third-order valence-electron chi connectivity index (χ3n) is 3.45. The van der Waals surface area contributed by atoms with Gasteiger partial charge in [-0.1, -0.05) is 6.07 Å². The van der Waals surface area contributed by atoms with Crippen LogP contribution in [0.15, 0.2) is 12.1 Å². The van der Waals surface area contributed by atoms with E-state index >= 15 is 0 Å². The second-order valence-electron chi connectivity index (χ2n) is 4.92. The molecular weight excluding hydrogens is 210 g/mol. The highest BCUT2D eigenvalue weighted by Gasteiger charge is 2.10. The van der Waals surface area contributed by atoms with E-state index in [0.29, 0.717) is 0 Å². The Morgan fingerprint density at radius 1 is 1.24 bits per heavy atom. The largest absolute Gasteiger partial charge is 0.311 e. The number of hydrogen-bond donors (Lipinski definition) is 1. The van der Waals surface area contributed by atoms with Crippen LogP contribution in [0.1, 0.15) is 29.8 Å². The molecule has 0 radical (unpaired) electrons. The first-order valence-electron chi connectivity index (χ1n) is 6.62. The van der Waals surface area contributed by atoms with Crippen LogP contribution in [0.4, 0.5) is 0 Å². The van der Waals surface area contributed by atoms with Crippen LogP contribution >= 0.6 is 0 Å². The van der Waals surface area contributed by atoms with Crippen LogP contribution in [0.5, 0.6) is 0 Å². The van der Waals surface area contributed by atoms with E-state index in [1.807, 2.05) is 6.92 Å². The van der Waals surface area contributed by atoms with Gasteiger partial charge in [0, 0.05) is 31.0 Å². The molecule has 3 heteroatoms. The zero-order valence-electron chi connectivity index (χ0n) is 11.0. The number of likely N-dealkylation sites (tertiary alicyclic amines) is 1. The van der Waals surface area contributed by atoms with Gasteiger partial charge in [0.15, 0.2) is 0 Å². The third kappa shape index (κ3) is 3.79. The summed E-state index contributed by atoms with van der Waals surface area (Å²) in [5, 5.41) is 3.51. The smallest absolute Gasteiger partial charge is 0.0420 e. The SMILES string of the molecule is Cc1ccc(CNCCN2CCCC2)c(C)n1. The Labute approximate surface area is 104 Å². The van der Waals surface area contributed by atoms with Crippen LogP contribution in [0.2, 0.25) is 0 Å². The highest BCUT2D eigenvalue weighted by atomic mass is 15.1. The quantitative estimate of drug-likeness (QED) is 0.787. The molecule has 3 nitrogen and oxygen atoms in total. The van der Waals surface area contributed by atoms with Gasteiger partial charge < -0.3 is 10.2 Å². The van der Waals surface area contributed by atoms with Crippen molar-refractivity contribution in [3.63, 3.8) is 0 Å². The van der Waals surface area contributed by atoms with Crippen molar-refractivity contribution in [2.45, 2.75) is 33.2 Å². The first-order valence-corrected chi connectivity index (χ1v) is 6.62. The molecule has 0 saturated carbocycles. The van der Waals surface area contributed by atoms with Crippen LogP contribution < -0.4 is 5.32 Å². The molecule has 1 aliphatic heterocycles. The maximum absolute atomic E-state index is 4.48. The van der Waals surface area contributed by atoms with Crippen molar-refractivity contribution in [3.8, 4) is 0 Å². The minimum absolute atomic E-state index is 0.937. The summed E-state index contributed by atoms with van der Waals surface area (Å²) in [4.78, 5) is 7.01. The van der Waals surface area contributed by atoms with E-state index in [1.165, 1.54) is 38.0 Å². The molecular formula is C14H23N3. The van der Waals surface area contributed by atoms with E-state index in [1.54, 1.807) is 0 Å². The number of nitrogens with one attached hydrogen (secondary N) is 1. The number of nitrogens with zero attached hydrogens (tertiary/aromatic N) is 2. The van der Waals surface area contributed by atoms with Crippen molar-refractivity contribution in [1.82, 2.24) is 15.2 Å². The van der Waals surface area contributed by atoms with E-state index in [4.69, 9.17) is 0 Å². The van der Waals surface area contributed by atoms with E-state index < -0.39 is 0 Å². The van der Waals surface area contributed by atoms with Gasteiger partial charge in [-0.3, -0.25) is 4.98 Å². The minimum Gasteiger partial charge on any atom is -0.311 e. The van der Waals surface area contributed by atoms with Gasteiger partial charge in [-0.15, -0.1) is 0 Å². The number of pyridine rings is 1. The summed E-state index contributed by atoms with van der Waals surface area (Å²) >= 11 is 0. The molecule has 2 heterocycles. The number of aryl methyl sites for hydroxylation is 2. The predicted octanol–water partition coefficient (Wildman–Crippen LogP) is 1.88. The summed E-state index contributed by atoms with van der Waals surface area (Å²) in [6.07, 6.45) is 2.75. The van der Waals surface area contributed by atoms with Crippen molar-refractivity contribution in [3.05, 3.63) is 29.1 Å². The number of hydrogen-bond acceptors (Lipinski definition) is 3. The lowest BCUT2D eigenvalue weighted by molar-refractivity contribution is 0.335. The average molecular weight is 233 g/mol. The molecule has 0 spiro atoms. The van der Waals surface area contributed by atoms with E-state index in [0.717, 1.165) is 24.5 Å². The standard InChI is InChI=1S/C14H23N3/c1-12-5-6-14(13(2)16-12)11-15-7-10-17-8-3-4-9-17/h5-6,15H,3-4,7-11H2,1-2H3. The number of aromatic nitrogens is 1. The molecule has 0 unspecified atom stereocenters. The monoisotopic (exact) mass is 233 g/mol. The molecule has 0 atom stereocenters. The summed E-state index contributed by atoms with van der Waals surface area (Å²) in [7, 11) is 0. The van der Waals surface area contributed by atoms with Crippen molar-refractivity contribution in [2.75, 3.05) is 26.2 Å². The van der Waals surface area contributed by atoms with E-state index in [-0.39, 0.29) is 0 Å². The van der Waals surface area contributed by atoms with Crippen molar-refractivity contribution in [2.24, 2.45) is 0 Å². The molecule has 1 saturated heterocycles. The summed E-state index contributed by atoms with van der Waals surface area (Å²) in [6.45, 7) is 9.89. The molecule has 94 valence electrons.